The monoisotopic (exact) mass is 291 g/mol. The molecule has 0 saturated carbocycles. The SMILES string of the molecule is CN=C(NCc1ccc(C(N)=O)o1)N(C)Cc1ccon1. The number of guanidine groups is 1. The van der Waals surface area contributed by atoms with E-state index < -0.39 is 5.91 Å². The summed E-state index contributed by atoms with van der Waals surface area (Å²) < 4.78 is 10.1. The minimum Gasteiger partial charge on any atom is -0.454 e. The Labute approximate surface area is 121 Å². The minimum absolute atomic E-state index is 0.137. The molecule has 21 heavy (non-hydrogen) atoms. The molecule has 8 nitrogen and oxygen atoms in total. The van der Waals surface area contributed by atoms with Crippen LogP contribution in [0, 0.1) is 0 Å². The van der Waals surface area contributed by atoms with Crippen LogP contribution in [0.1, 0.15) is 22.0 Å². The number of nitrogens with zero attached hydrogens (tertiary/aromatic N) is 3. The quantitative estimate of drug-likeness (QED) is 0.615. The maximum absolute atomic E-state index is 11.0. The molecule has 3 N–H and O–H groups in total. The van der Waals surface area contributed by atoms with E-state index in [1.807, 2.05) is 11.9 Å². The van der Waals surface area contributed by atoms with E-state index in [1.54, 1.807) is 25.2 Å². The van der Waals surface area contributed by atoms with Crippen LogP contribution in [0.15, 0.2) is 38.4 Å². The van der Waals surface area contributed by atoms with Crippen molar-refractivity contribution in [2.75, 3.05) is 14.1 Å². The Morgan fingerprint density at radius 3 is 2.86 bits per heavy atom. The van der Waals surface area contributed by atoms with Crippen LogP contribution in [-0.2, 0) is 13.1 Å². The van der Waals surface area contributed by atoms with E-state index in [4.69, 9.17) is 14.7 Å². The fourth-order valence-electron chi connectivity index (χ4n) is 1.79. The van der Waals surface area contributed by atoms with Crippen LogP contribution < -0.4 is 11.1 Å². The molecule has 1 amide bonds. The summed E-state index contributed by atoms with van der Waals surface area (Å²) in [6, 6.07) is 5.02. The van der Waals surface area contributed by atoms with E-state index in [1.165, 1.54) is 6.26 Å². The van der Waals surface area contributed by atoms with Gasteiger partial charge in [-0.3, -0.25) is 9.79 Å². The van der Waals surface area contributed by atoms with Crippen LogP contribution in [0.4, 0.5) is 0 Å². The van der Waals surface area contributed by atoms with Gasteiger partial charge in [0.15, 0.2) is 11.7 Å². The lowest BCUT2D eigenvalue weighted by molar-refractivity contribution is 0.0972. The molecule has 2 aromatic heterocycles. The van der Waals surface area contributed by atoms with Crippen LogP contribution in [0.2, 0.25) is 0 Å². The third-order valence-corrected chi connectivity index (χ3v) is 2.79. The summed E-state index contributed by atoms with van der Waals surface area (Å²) in [6.45, 7) is 0.948. The molecular weight excluding hydrogens is 274 g/mol. The van der Waals surface area contributed by atoms with Gasteiger partial charge in [-0.2, -0.15) is 0 Å². The molecule has 0 fully saturated rings. The number of rotatable bonds is 5. The van der Waals surface area contributed by atoms with Crippen LogP contribution in [0.3, 0.4) is 0 Å². The van der Waals surface area contributed by atoms with E-state index in [-0.39, 0.29) is 5.76 Å². The molecule has 0 saturated heterocycles. The highest BCUT2D eigenvalue weighted by atomic mass is 16.5. The summed E-state index contributed by atoms with van der Waals surface area (Å²) in [5.41, 5.74) is 5.93. The van der Waals surface area contributed by atoms with Crippen LogP contribution >= 0.6 is 0 Å². The Morgan fingerprint density at radius 1 is 1.48 bits per heavy atom. The minimum atomic E-state index is -0.589. The van der Waals surface area contributed by atoms with Gasteiger partial charge in [0.1, 0.15) is 17.7 Å². The molecule has 0 radical (unpaired) electrons. The van der Waals surface area contributed by atoms with Gasteiger partial charge in [-0.25, -0.2) is 0 Å². The van der Waals surface area contributed by atoms with Crippen molar-refractivity contribution in [2.45, 2.75) is 13.1 Å². The molecule has 2 heterocycles. The second-order valence-corrected chi connectivity index (χ2v) is 4.38. The molecule has 0 atom stereocenters. The fraction of sp³-hybridized carbons (Fsp3) is 0.308. The normalized spacial score (nSPS) is 11.4. The second kappa shape index (κ2) is 6.60. The predicted molar refractivity (Wildman–Crippen MR) is 75.4 cm³/mol. The molecule has 8 heteroatoms. The summed E-state index contributed by atoms with van der Waals surface area (Å²) in [4.78, 5) is 17.0. The van der Waals surface area contributed by atoms with Gasteiger partial charge in [-0.05, 0) is 12.1 Å². The number of nitrogens with one attached hydrogen (secondary N) is 1. The fourth-order valence-corrected chi connectivity index (χ4v) is 1.79. The van der Waals surface area contributed by atoms with E-state index in [0.717, 1.165) is 5.69 Å². The zero-order valence-electron chi connectivity index (χ0n) is 11.9. The number of aromatic nitrogens is 1. The van der Waals surface area contributed by atoms with E-state index in [2.05, 4.69) is 15.5 Å². The van der Waals surface area contributed by atoms with E-state index in [0.29, 0.717) is 24.8 Å². The molecule has 2 aromatic rings. The highest BCUT2D eigenvalue weighted by Crippen LogP contribution is 2.07. The Bertz CT molecular complexity index is 618. The molecule has 112 valence electrons. The van der Waals surface area contributed by atoms with Crippen molar-refractivity contribution in [3.8, 4) is 0 Å². The summed E-state index contributed by atoms with van der Waals surface area (Å²) in [6.07, 6.45) is 1.52. The second-order valence-electron chi connectivity index (χ2n) is 4.38. The number of carbonyl (C=O) groups excluding carboxylic acids is 1. The number of furan rings is 1. The van der Waals surface area contributed by atoms with Gasteiger partial charge >= 0.3 is 0 Å². The summed E-state index contributed by atoms with van der Waals surface area (Å²) in [5, 5.41) is 6.97. The van der Waals surface area contributed by atoms with Crippen molar-refractivity contribution >= 4 is 11.9 Å². The molecule has 0 aliphatic heterocycles. The first-order chi connectivity index (χ1) is 10.1. The first-order valence-corrected chi connectivity index (χ1v) is 6.29. The van der Waals surface area contributed by atoms with Gasteiger partial charge in [-0.1, -0.05) is 5.16 Å². The summed E-state index contributed by atoms with van der Waals surface area (Å²) in [7, 11) is 3.56. The van der Waals surface area contributed by atoms with Gasteiger partial charge < -0.3 is 24.9 Å². The first kappa shape index (κ1) is 14.6. The van der Waals surface area contributed by atoms with Crippen LogP contribution in [-0.4, -0.2) is 36.0 Å². The third-order valence-electron chi connectivity index (χ3n) is 2.79. The van der Waals surface area contributed by atoms with Gasteiger partial charge in [0.05, 0.1) is 13.1 Å². The number of hydrogen-bond donors (Lipinski definition) is 2. The number of carbonyl (C=O) groups is 1. The zero-order chi connectivity index (χ0) is 15.2. The van der Waals surface area contributed by atoms with Crippen molar-refractivity contribution < 1.29 is 13.7 Å². The molecule has 0 unspecified atom stereocenters. The molecular formula is C13H17N5O3. The predicted octanol–water partition coefficient (Wildman–Crippen LogP) is 0.574. The lowest BCUT2D eigenvalue weighted by atomic mass is 10.4. The van der Waals surface area contributed by atoms with Crippen molar-refractivity contribution in [3.05, 3.63) is 41.7 Å². The Balaban J connectivity index is 1.91. The summed E-state index contributed by atoms with van der Waals surface area (Å²) in [5.74, 6) is 0.807. The van der Waals surface area contributed by atoms with Gasteiger partial charge in [0.2, 0.25) is 0 Å². The maximum atomic E-state index is 11.0. The number of primary amides is 1. The number of hydrogen-bond acceptors (Lipinski definition) is 5. The van der Waals surface area contributed by atoms with Crippen molar-refractivity contribution in [2.24, 2.45) is 10.7 Å². The van der Waals surface area contributed by atoms with E-state index in [9.17, 15) is 4.79 Å². The molecule has 0 bridgehead atoms. The number of aliphatic imine (C=N–C) groups is 1. The van der Waals surface area contributed by atoms with Crippen molar-refractivity contribution in [1.82, 2.24) is 15.4 Å². The standard InChI is InChI=1S/C13H17N5O3/c1-15-13(18(2)8-9-5-6-20-17-9)16-7-10-3-4-11(21-10)12(14)19/h3-6H,7-8H2,1-2H3,(H2,14,19)(H,15,16). The van der Waals surface area contributed by atoms with E-state index >= 15 is 0 Å². The molecule has 0 aliphatic rings. The number of amides is 1. The first-order valence-electron chi connectivity index (χ1n) is 6.29. The highest BCUT2D eigenvalue weighted by molar-refractivity contribution is 5.89. The zero-order valence-corrected chi connectivity index (χ0v) is 11.9. The average Bonchev–Trinajstić information content (AvgIpc) is 3.10. The smallest absolute Gasteiger partial charge is 0.284 e. The highest BCUT2D eigenvalue weighted by Gasteiger charge is 2.10. The van der Waals surface area contributed by atoms with Crippen LogP contribution in [0.25, 0.3) is 0 Å². The van der Waals surface area contributed by atoms with Gasteiger partial charge in [0.25, 0.3) is 5.91 Å². The molecule has 0 spiro atoms. The van der Waals surface area contributed by atoms with Gasteiger partial charge in [0, 0.05) is 20.2 Å². The lowest BCUT2D eigenvalue weighted by Gasteiger charge is -2.20. The molecule has 2 rings (SSSR count). The largest absolute Gasteiger partial charge is 0.454 e. The van der Waals surface area contributed by atoms with Gasteiger partial charge in [-0.15, -0.1) is 0 Å². The molecule has 0 aliphatic carbocycles. The van der Waals surface area contributed by atoms with Crippen LogP contribution in [0.5, 0.6) is 0 Å². The average molecular weight is 291 g/mol. The number of nitrogens with two attached hydrogens (primary N) is 1. The Morgan fingerprint density at radius 2 is 2.29 bits per heavy atom. The maximum Gasteiger partial charge on any atom is 0.284 e. The Kier molecular flexibility index (Phi) is 4.60. The summed E-state index contributed by atoms with van der Waals surface area (Å²) >= 11 is 0. The molecule has 0 aromatic carbocycles. The topological polar surface area (TPSA) is 110 Å². The Hall–Kier alpha value is -2.77. The van der Waals surface area contributed by atoms with Crippen molar-refractivity contribution in [1.29, 1.82) is 0 Å². The lowest BCUT2D eigenvalue weighted by Crippen LogP contribution is -2.38. The van der Waals surface area contributed by atoms with Crippen molar-refractivity contribution in [3.63, 3.8) is 0 Å². The third kappa shape index (κ3) is 3.85.